The molecule has 1 aliphatic heterocycles. The molecule has 4 nitrogen and oxygen atoms in total. The molecule has 0 amide bonds. The second-order valence-electron chi connectivity index (χ2n) is 9.17. The van der Waals surface area contributed by atoms with Crippen molar-refractivity contribution in [1.29, 1.82) is 0 Å². The Bertz CT molecular complexity index is 864. The number of ether oxygens (including phenoxy) is 1. The normalized spacial score (nSPS) is 28.3. The van der Waals surface area contributed by atoms with E-state index in [2.05, 4.69) is 55.1 Å². The molecule has 29 heavy (non-hydrogen) atoms. The second-order valence-corrected chi connectivity index (χ2v) is 9.17. The summed E-state index contributed by atoms with van der Waals surface area (Å²) in [5.74, 6) is 1.78. The molecular weight excluding hydrogens is 362 g/mol. The standard InChI is InChI=1S/C25H33NO3/c1-17-6-10-22(13-18(17)2)29-23-11-9-20-14-19(7-8-21(20)15-23)16-26-12-4-3-5-24(26)25(27)28/h7-9,11,14-15,17-18,22,24H,3-6,10,12-13,16H2,1-2H3,(H,27,28). The smallest absolute Gasteiger partial charge is 0.320 e. The molecule has 156 valence electrons. The summed E-state index contributed by atoms with van der Waals surface area (Å²) in [6.45, 7) is 6.24. The van der Waals surface area contributed by atoms with Crippen LogP contribution in [0.4, 0.5) is 0 Å². The van der Waals surface area contributed by atoms with Gasteiger partial charge in [-0.25, -0.2) is 0 Å². The van der Waals surface area contributed by atoms with Gasteiger partial charge < -0.3 is 9.84 Å². The van der Waals surface area contributed by atoms with Gasteiger partial charge in [0.1, 0.15) is 11.8 Å². The van der Waals surface area contributed by atoms with E-state index >= 15 is 0 Å². The molecule has 2 fully saturated rings. The van der Waals surface area contributed by atoms with Crippen LogP contribution in [0.5, 0.6) is 5.75 Å². The summed E-state index contributed by atoms with van der Waals surface area (Å²) in [5.41, 5.74) is 1.18. The zero-order chi connectivity index (χ0) is 20.4. The zero-order valence-electron chi connectivity index (χ0n) is 17.6. The number of fused-ring (bicyclic) bond motifs is 1. The van der Waals surface area contributed by atoms with Gasteiger partial charge >= 0.3 is 5.97 Å². The molecule has 4 atom stereocenters. The number of carbonyl (C=O) groups is 1. The number of likely N-dealkylation sites (tertiary alicyclic amines) is 1. The molecule has 0 bridgehead atoms. The van der Waals surface area contributed by atoms with Crippen molar-refractivity contribution in [2.75, 3.05) is 6.54 Å². The molecule has 1 heterocycles. The third-order valence-electron chi connectivity index (χ3n) is 7.01. The van der Waals surface area contributed by atoms with Crippen molar-refractivity contribution >= 4 is 16.7 Å². The van der Waals surface area contributed by atoms with Crippen LogP contribution in [-0.4, -0.2) is 34.7 Å². The van der Waals surface area contributed by atoms with E-state index in [-0.39, 0.29) is 6.04 Å². The van der Waals surface area contributed by atoms with Crippen molar-refractivity contribution in [3.63, 3.8) is 0 Å². The van der Waals surface area contributed by atoms with Crippen molar-refractivity contribution in [2.24, 2.45) is 11.8 Å². The van der Waals surface area contributed by atoms with E-state index in [0.717, 1.165) is 56.2 Å². The fourth-order valence-electron chi connectivity index (χ4n) is 4.94. The molecule has 4 unspecified atom stereocenters. The molecule has 0 radical (unpaired) electrons. The molecule has 2 aliphatic rings. The third-order valence-corrected chi connectivity index (χ3v) is 7.01. The highest BCUT2D eigenvalue weighted by molar-refractivity contribution is 5.84. The Labute approximate surface area is 173 Å². The van der Waals surface area contributed by atoms with Crippen LogP contribution in [0.3, 0.4) is 0 Å². The van der Waals surface area contributed by atoms with Gasteiger partial charge in [-0.15, -0.1) is 0 Å². The summed E-state index contributed by atoms with van der Waals surface area (Å²) in [6.07, 6.45) is 6.69. The monoisotopic (exact) mass is 395 g/mol. The Hall–Kier alpha value is -2.07. The summed E-state index contributed by atoms with van der Waals surface area (Å²) < 4.78 is 6.30. The lowest BCUT2D eigenvalue weighted by atomic mass is 9.80. The van der Waals surface area contributed by atoms with Gasteiger partial charge in [-0.1, -0.05) is 38.5 Å². The Morgan fingerprint density at radius 3 is 2.62 bits per heavy atom. The number of rotatable bonds is 5. The Morgan fingerprint density at radius 2 is 1.83 bits per heavy atom. The van der Waals surface area contributed by atoms with E-state index in [9.17, 15) is 9.90 Å². The fourth-order valence-corrected chi connectivity index (χ4v) is 4.94. The molecule has 1 saturated carbocycles. The number of hydrogen-bond donors (Lipinski definition) is 1. The molecule has 0 spiro atoms. The lowest BCUT2D eigenvalue weighted by molar-refractivity contribution is -0.144. The van der Waals surface area contributed by atoms with Crippen LogP contribution in [0.25, 0.3) is 10.8 Å². The topological polar surface area (TPSA) is 49.8 Å². The van der Waals surface area contributed by atoms with Gasteiger partial charge in [0.15, 0.2) is 0 Å². The van der Waals surface area contributed by atoms with Crippen LogP contribution in [-0.2, 0) is 11.3 Å². The number of hydrogen-bond acceptors (Lipinski definition) is 3. The Kier molecular flexibility index (Phi) is 6.09. The van der Waals surface area contributed by atoms with Gasteiger partial charge in [-0.2, -0.15) is 0 Å². The molecule has 2 aromatic rings. The van der Waals surface area contributed by atoms with Crippen LogP contribution < -0.4 is 4.74 Å². The molecule has 0 aromatic heterocycles. The summed E-state index contributed by atoms with van der Waals surface area (Å²) >= 11 is 0. The number of nitrogens with zero attached hydrogens (tertiary/aromatic N) is 1. The van der Waals surface area contributed by atoms with Gasteiger partial charge in [0.05, 0.1) is 6.10 Å². The Balaban J connectivity index is 1.45. The summed E-state index contributed by atoms with van der Waals surface area (Å²) in [4.78, 5) is 13.7. The summed E-state index contributed by atoms with van der Waals surface area (Å²) in [6, 6.07) is 12.5. The van der Waals surface area contributed by atoms with E-state index in [1.165, 1.54) is 22.8 Å². The van der Waals surface area contributed by atoms with Gasteiger partial charge in [-0.3, -0.25) is 9.69 Å². The predicted molar refractivity (Wildman–Crippen MR) is 116 cm³/mol. The maximum absolute atomic E-state index is 11.6. The molecule has 4 heteroatoms. The van der Waals surface area contributed by atoms with Crippen LogP contribution in [0.2, 0.25) is 0 Å². The van der Waals surface area contributed by atoms with E-state index in [0.29, 0.717) is 12.6 Å². The largest absolute Gasteiger partial charge is 0.490 e. The first-order valence-corrected chi connectivity index (χ1v) is 11.2. The summed E-state index contributed by atoms with van der Waals surface area (Å²) in [7, 11) is 0. The van der Waals surface area contributed by atoms with E-state index in [1.807, 2.05) is 0 Å². The number of benzene rings is 2. The van der Waals surface area contributed by atoms with E-state index < -0.39 is 5.97 Å². The average Bonchev–Trinajstić information content (AvgIpc) is 2.71. The first-order chi connectivity index (χ1) is 14.0. The van der Waals surface area contributed by atoms with Crippen LogP contribution in [0.1, 0.15) is 57.9 Å². The predicted octanol–water partition coefficient (Wildman–Crippen LogP) is 5.48. The molecule has 1 saturated heterocycles. The second kappa shape index (κ2) is 8.74. The fraction of sp³-hybridized carbons (Fsp3) is 0.560. The minimum absolute atomic E-state index is 0.324. The minimum atomic E-state index is -0.696. The first kappa shape index (κ1) is 20.2. The maximum atomic E-state index is 11.6. The van der Waals surface area contributed by atoms with Crippen molar-refractivity contribution in [3.05, 3.63) is 42.0 Å². The molecule has 4 rings (SSSR count). The zero-order valence-corrected chi connectivity index (χ0v) is 17.6. The van der Waals surface area contributed by atoms with Gasteiger partial charge in [0.2, 0.25) is 0 Å². The third kappa shape index (κ3) is 4.75. The lowest BCUT2D eigenvalue weighted by Crippen LogP contribution is -2.43. The number of aliphatic carboxylic acids is 1. The molecular formula is C25H33NO3. The number of piperidine rings is 1. The van der Waals surface area contributed by atoms with Gasteiger partial charge in [0.25, 0.3) is 0 Å². The van der Waals surface area contributed by atoms with Crippen LogP contribution in [0, 0.1) is 11.8 Å². The quantitative estimate of drug-likeness (QED) is 0.728. The van der Waals surface area contributed by atoms with Crippen molar-refractivity contribution in [2.45, 2.75) is 71.1 Å². The molecule has 1 aliphatic carbocycles. The van der Waals surface area contributed by atoms with Crippen molar-refractivity contribution in [1.82, 2.24) is 4.90 Å². The molecule has 1 N–H and O–H groups in total. The SMILES string of the molecule is CC1CCC(Oc2ccc3cc(CN4CCCCC4C(=O)O)ccc3c2)CC1C. The van der Waals surface area contributed by atoms with Crippen molar-refractivity contribution in [3.8, 4) is 5.75 Å². The number of carboxylic acids is 1. The summed E-state index contributed by atoms with van der Waals surface area (Å²) in [5, 5.41) is 11.9. The van der Waals surface area contributed by atoms with Gasteiger partial charge in [0, 0.05) is 6.54 Å². The lowest BCUT2D eigenvalue weighted by Gasteiger charge is -2.33. The Morgan fingerprint density at radius 1 is 1.03 bits per heavy atom. The van der Waals surface area contributed by atoms with Crippen LogP contribution >= 0.6 is 0 Å². The van der Waals surface area contributed by atoms with Gasteiger partial charge in [-0.05, 0) is 85.0 Å². The number of carboxylic acid groups (broad SMARTS) is 1. The highest BCUT2D eigenvalue weighted by Gasteiger charge is 2.28. The average molecular weight is 396 g/mol. The maximum Gasteiger partial charge on any atom is 0.320 e. The van der Waals surface area contributed by atoms with E-state index in [1.54, 1.807) is 0 Å². The minimum Gasteiger partial charge on any atom is -0.490 e. The van der Waals surface area contributed by atoms with E-state index in [4.69, 9.17) is 4.74 Å². The molecule has 2 aromatic carbocycles. The highest BCUT2D eigenvalue weighted by atomic mass is 16.5. The van der Waals surface area contributed by atoms with Crippen LogP contribution in [0.15, 0.2) is 36.4 Å². The van der Waals surface area contributed by atoms with Crippen molar-refractivity contribution < 1.29 is 14.6 Å². The first-order valence-electron chi connectivity index (χ1n) is 11.2. The highest BCUT2D eigenvalue weighted by Crippen LogP contribution is 2.33.